The lowest BCUT2D eigenvalue weighted by Gasteiger charge is -2.37. The van der Waals surface area contributed by atoms with Gasteiger partial charge in [-0.15, -0.1) is 0 Å². The van der Waals surface area contributed by atoms with Gasteiger partial charge < -0.3 is 19.7 Å². The van der Waals surface area contributed by atoms with E-state index in [1.807, 2.05) is 26.0 Å². The van der Waals surface area contributed by atoms with Crippen LogP contribution in [-0.4, -0.2) is 57.9 Å². The third-order valence-electron chi connectivity index (χ3n) is 9.91. The van der Waals surface area contributed by atoms with Crippen LogP contribution in [0, 0.1) is 30.0 Å². The van der Waals surface area contributed by atoms with Crippen LogP contribution in [0.1, 0.15) is 49.9 Å². The number of halogens is 3. The molecule has 2 aromatic heterocycles. The lowest BCUT2D eigenvalue weighted by molar-refractivity contribution is 0.119. The van der Waals surface area contributed by atoms with Crippen molar-refractivity contribution in [1.82, 2.24) is 19.8 Å². The Balaban J connectivity index is 1.51. The summed E-state index contributed by atoms with van der Waals surface area (Å²) in [7, 11) is 2.10. The number of likely N-dealkylation sites (tertiary alicyclic amines) is 1. The molecule has 10 heteroatoms. The number of pyridine rings is 1. The SMILES string of the molecule is Cc1c(F)c2c(O[C@@H](C)[C@@H]3CCCN3C)nc3cc(-c4cc(O)cc(Cl)c4Cl)c(CCC#N)cc3c2n1[C@H]1[C@H]2CN[C@@H]1C2. The number of phenols is 1. The number of aromatic nitrogens is 2. The van der Waals surface area contributed by atoms with Gasteiger partial charge in [0, 0.05) is 42.1 Å². The van der Waals surface area contributed by atoms with Gasteiger partial charge in [0.2, 0.25) is 5.88 Å². The van der Waals surface area contributed by atoms with Gasteiger partial charge in [0.25, 0.3) is 0 Å². The second kappa shape index (κ2) is 10.8. The first-order chi connectivity index (χ1) is 20.7. The fraction of sp³-hybridized carbons (Fsp3) is 0.455. The molecular weight excluding hydrogens is 588 g/mol. The average Bonchev–Trinajstić information content (AvgIpc) is 3.76. The van der Waals surface area contributed by atoms with E-state index in [-0.39, 0.29) is 47.1 Å². The highest BCUT2D eigenvalue weighted by molar-refractivity contribution is 6.44. The normalized spacial score (nSPS) is 24.0. The van der Waals surface area contributed by atoms with Crippen molar-refractivity contribution >= 4 is 45.0 Å². The molecular formula is C33H34Cl2FN5O2. The van der Waals surface area contributed by atoms with Crippen molar-refractivity contribution in [3.05, 3.63) is 51.4 Å². The number of aromatic hydroxyl groups is 1. The van der Waals surface area contributed by atoms with E-state index in [1.165, 1.54) is 6.07 Å². The van der Waals surface area contributed by atoms with Crippen LogP contribution in [-0.2, 0) is 6.42 Å². The molecule has 8 rings (SSSR count). The minimum Gasteiger partial charge on any atom is -0.508 e. The molecule has 43 heavy (non-hydrogen) atoms. The van der Waals surface area contributed by atoms with E-state index in [0.717, 1.165) is 48.8 Å². The molecule has 0 radical (unpaired) electrons. The average molecular weight is 623 g/mol. The van der Waals surface area contributed by atoms with E-state index in [0.29, 0.717) is 51.1 Å². The van der Waals surface area contributed by atoms with E-state index in [9.17, 15) is 10.4 Å². The summed E-state index contributed by atoms with van der Waals surface area (Å²) >= 11 is 13.1. The van der Waals surface area contributed by atoms with Crippen LogP contribution in [0.4, 0.5) is 4.39 Å². The second-order valence-corrected chi connectivity index (χ2v) is 13.2. The zero-order chi connectivity index (χ0) is 30.2. The zero-order valence-electron chi connectivity index (χ0n) is 24.4. The smallest absolute Gasteiger partial charge is 0.226 e. The third-order valence-corrected chi connectivity index (χ3v) is 10.7. The first-order valence-electron chi connectivity index (χ1n) is 15.0. The lowest BCUT2D eigenvalue weighted by Crippen LogP contribution is -2.39. The number of nitrogens with zero attached hydrogens (tertiary/aromatic N) is 4. The van der Waals surface area contributed by atoms with Crippen LogP contribution >= 0.6 is 23.2 Å². The van der Waals surface area contributed by atoms with Gasteiger partial charge in [0.1, 0.15) is 11.9 Å². The Bertz CT molecular complexity index is 1800. The van der Waals surface area contributed by atoms with Gasteiger partial charge in [-0.3, -0.25) is 4.90 Å². The van der Waals surface area contributed by atoms with Gasteiger partial charge in [-0.05, 0) is 88.4 Å². The number of ether oxygens (including phenoxy) is 1. The predicted molar refractivity (Wildman–Crippen MR) is 168 cm³/mol. The molecule has 2 aromatic carbocycles. The molecule has 2 N–H and O–H groups in total. The molecule has 4 aliphatic rings. The van der Waals surface area contributed by atoms with E-state index >= 15 is 4.39 Å². The van der Waals surface area contributed by atoms with Gasteiger partial charge in [0.15, 0.2) is 5.82 Å². The summed E-state index contributed by atoms with van der Waals surface area (Å²) < 4.78 is 25.2. The van der Waals surface area contributed by atoms with Gasteiger partial charge in [-0.1, -0.05) is 23.2 Å². The summed E-state index contributed by atoms with van der Waals surface area (Å²) in [6.07, 6.45) is 3.71. The monoisotopic (exact) mass is 621 g/mol. The maximum Gasteiger partial charge on any atom is 0.226 e. The largest absolute Gasteiger partial charge is 0.508 e. The topological polar surface area (TPSA) is 86.3 Å². The number of rotatable bonds is 7. The van der Waals surface area contributed by atoms with Crippen molar-refractivity contribution < 1.29 is 14.2 Å². The summed E-state index contributed by atoms with van der Waals surface area (Å²) in [5.41, 5.74) is 4.08. The number of benzene rings is 2. The van der Waals surface area contributed by atoms with Crippen molar-refractivity contribution in [3.8, 4) is 28.8 Å². The van der Waals surface area contributed by atoms with Crippen molar-refractivity contribution in [2.45, 2.75) is 70.2 Å². The van der Waals surface area contributed by atoms with Crippen LogP contribution in [0.5, 0.6) is 11.6 Å². The number of hydrogen-bond donors (Lipinski definition) is 2. The van der Waals surface area contributed by atoms with Gasteiger partial charge >= 0.3 is 0 Å². The summed E-state index contributed by atoms with van der Waals surface area (Å²) in [6.45, 7) is 5.80. The van der Waals surface area contributed by atoms with Gasteiger partial charge in [0.05, 0.1) is 44.3 Å². The first-order valence-corrected chi connectivity index (χ1v) is 15.8. The highest BCUT2D eigenvalue weighted by atomic mass is 35.5. The Morgan fingerprint density at radius 1 is 1.26 bits per heavy atom. The number of likely N-dealkylation sites (N-methyl/N-ethyl adjacent to an activating group) is 1. The molecule has 4 aromatic rings. The summed E-state index contributed by atoms with van der Waals surface area (Å²) in [4.78, 5) is 7.27. The lowest BCUT2D eigenvalue weighted by atomic mass is 9.79. The highest BCUT2D eigenvalue weighted by Gasteiger charge is 2.49. The van der Waals surface area contributed by atoms with E-state index in [1.54, 1.807) is 6.07 Å². The number of nitriles is 1. The molecule has 1 saturated carbocycles. The quantitative estimate of drug-likeness (QED) is 0.227. The molecule has 4 fully saturated rings. The first kappa shape index (κ1) is 28.7. The van der Waals surface area contributed by atoms with Crippen LogP contribution in [0.25, 0.3) is 32.9 Å². The fourth-order valence-electron chi connectivity index (χ4n) is 7.72. The second-order valence-electron chi connectivity index (χ2n) is 12.4. The third kappa shape index (κ3) is 4.55. The molecule has 5 heterocycles. The van der Waals surface area contributed by atoms with Gasteiger partial charge in [-0.2, -0.15) is 5.26 Å². The Morgan fingerprint density at radius 3 is 2.74 bits per heavy atom. The maximum atomic E-state index is 16.4. The van der Waals surface area contributed by atoms with Crippen LogP contribution in [0.2, 0.25) is 10.0 Å². The molecule has 0 amide bonds. The van der Waals surface area contributed by atoms with Crippen molar-refractivity contribution in [2.24, 2.45) is 5.92 Å². The van der Waals surface area contributed by atoms with Crippen LogP contribution in [0.3, 0.4) is 0 Å². The highest BCUT2D eigenvalue weighted by Crippen LogP contribution is 2.50. The number of aryl methyl sites for hydroxylation is 1. The Morgan fingerprint density at radius 2 is 2.07 bits per heavy atom. The van der Waals surface area contributed by atoms with E-state index < -0.39 is 0 Å². The van der Waals surface area contributed by atoms with Crippen molar-refractivity contribution in [3.63, 3.8) is 0 Å². The van der Waals surface area contributed by atoms with Crippen LogP contribution in [0.15, 0.2) is 24.3 Å². The molecule has 224 valence electrons. The molecule has 0 spiro atoms. The summed E-state index contributed by atoms with van der Waals surface area (Å²) in [5.74, 6) is 0.397. The Kier molecular flexibility index (Phi) is 7.21. The number of fused-ring (bicyclic) bond motifs is 4. The van der Waals surface area contributed by atoms with E-state index in [2.05, 4.69) is 27.9 Å². The molecule has 2 bridgehead atoms. The van der Waals surface area contributed by atoms with Crippen LogP contribution < -0.4 is 10.1 Å². The molecule has 7 nitrogen and oxygen atoms in total. The molecule has 3 aliphatic heterocycles. The maximum absolute atomic E-state index is 16.4. The minimum absolute atomic E-state index is 0.0165. The number of phenolic OH excluding ortho intramolecular Hbond substituents is 1. The summed E-state index contributed by atoms with van der Waals surface area (Å²) in [6, 6.07) is 9.78. The van der Waals surface area contributed by atoms with Crippen molar-refractivity contribution in [2.75, 3.05) is 20.1 Å². The fourth-order valence-corrected chi connectivity index (χ4v) is 8.14. The summed E-state index contributed by atoms with van der Waals surface area (Å²) in [5, 5.41) is 25.2. The molecule has 3 saturated heterocycles. The molecule has 5 atom stereocenters. The Labute approximate surface area is 260 Å². The zero-order valence-corrected chi connectivity index (χ0v) is 25.9. The molecule has 0 unspecified atom stereocenters. The number of nitrogens with one attached hydrogen (secondary N) is 1. The number of hydrogen-bond acceptors (Lipinski definition) is 6. The Hall–Kier alpha value is -3.09. The predicted octanol–water partition coefficient (Wildman–Crippen LogP) is 7.17. The standard InChI is InChI=1S/C33H34Cl2FN5O2/c1-16-30(36)28-32(41(16)31-19-11-26(31)38-15-19)23-10-18(6-4-8-37)21(22-12-20(42)13-24(34)29(22)35)14-25(23)39-33(28)43-17(2)27-7-5-9-40(27)3/h10,12-14,17,19,26-27,31,38,42H,4-7,9,11,15H2,1-3H3/t17-,19+,26+,27-,31-/m0/s1. The van der Waals surface area contributed by atoms with Gasteiger partial charge in [-0.25, -0.2) is 9.37 Å². The minimum atomic E-state index is -0.303. The van der Waals surface area contributed by atoms with Crippen molar-refractivity contribution in [1.29, 1.82) is 5.26 Å². The van der Waals surface area contributed by atoms with E-state index in [4.69, 9.17) is 32.9 Å². The molecule has 1 aliphatic carbocycles.